The van der Waals surface area contributed by atoms with Crippen molar-refractivity contribution in [2.24, 2.45) is 0 Å². The molecule has 0 aromatic heterocycles. The third-order valence-corrected chi connectivity index (χ3v) is 4.91. The van der Waals surface area contributed by atoms with E-state index < -0.39 is 0 Å². The van der Waals surface area contributed by atoms with Crippen LogP contribution in [0, 0.1) is 6.07 Å². The Balaban J connectivity index is 2.38. The molecule has 0 spiro atoms. The molecule has 0 unspecified atom stereocenters. The number of aryl methyl sites for hydroxylation is 1. The molecular weight excluding hydrogens is 364 g/mol. The minimum Gasteiger partial charge on any atom is -0.495 e. The summed E-state index contributed by atoms with van der Waals surface area (Å²) < 4.78 is 22.4. The van der Waals surface area contributed by atoms with E-state index in [0.29, 0.717) is 23.0 Å². The van der Waals surface area contributed by atoms with Crippen molar-refractivity contribution in [1.29, 1.82) is 0 Å². The molecule has 29 heavy (non-hydrogen) atoms. The molecule has 3 aromatic rings. The average Bonchev–Trinajstić information content (AvgIpc) is 2.78. The normalized spacial score (nSPS) is 10.5. The minimum atomic E-state index is 0.563. The summed E-state index contributed by atoms with van der Waals surface area (Å²) in [5.41, 5.74) is 5.38. The van der Waals surface area contributed by atoms with Gasteiger partial charge in [0.05, 0.1) is 28.4 Å². The van der Waals surface area contributed by atoms with Crippen LogP contribution >= 0.6 is 0 Å². The van der Waals surface area contributed by atoms with E-state index in [1.165, 1.54) is 5.56 Å². The maximum absolute atomic E-state index is 5.73. The van der Waals surface area contributed by atoms with Crippen LogP contribution in [-0.4, -0.2) is 28.4 Å². The summed E-state index contributed by atoms with van der Waals surface area (Å²) in [5, 5.41) is 0. The lowest BCUT2D eigenvalue weighted by Crippen LogP contribution is -2.00. The largest absolute Gasteiger partial charge is 0.495 e. The van der Waals surface area contributed by atoms with Gasteiger partial charge in [0.1, 0.15) is 5.75 Å². The summed E-state index contributed by atoms with van der Waals surface area (Å²) in [6.45, 7) is 2.18. The van der Waals surface area contributed by atoms with Crippen LogP contribution in [-0.2, 0) is 6.42 Å². The van der Waals surface area contributed by atoms with Crippen LogP contribution in [0.4, 0.5) is 0 Å². The minimum absolute atomic E-state index is 0.563. The van der Waals surface area contributed by atoms with Gasteiger partial charge in [-0.3, -0.25) is 0 Å². The molecule has 0 atom stereocenters. The van der Waals surface area contributed by atoms with Gasteiger partial charge >= 0.3 is 0 Å². The Morgan fingerprint density at radius 2 is 1.41 bits per heavy atom. The third-order valence-electron chi connectivity index (χ3n) is 4.91. The molecule has 0 bridgehead atoms. The summed E-state index contributed by atoms with van der Waals surface area (Å²) in [6, 6.07) is 19.6. The Labute approximate surface area is 173 Å². The van der Waals surface area contributed by atoms with Gasteiger partial charge in [0.2, 0.25) is 5.75 Å². The van der Waals surface area contributed by atoms with Gasteiger partial charge in [-0.05, 0) is 46.9 Å². The SMILES string of the molecule is CCCc1c[c]c(OC)c(-c2cc(OC)c(OC)c(OC)c2)c1-c1ccccc1. The number of hydrogen-bond acceptors (Lipinski definition) is 4. The van der Waals surface area contributed by atoms with Crippen molar-refractivity contribution in [3.05, 3.63) is 60.2 Å². The zero-order valence-electron chi connectivity index (χ0n) is 17.7. The second-order valence-electron chi connectivity index (χ2n) is 6.63. The molecule has 0 aliphatic heterocycles. The van der Waals surface area contributed by atoms with Gasteiger partial charge in [0.15, 0.2) is 11.5 Å². The van der Waals surface area contributed by atoms with Crippen molar-refractivity contribution in [2.75, 3.05) is 28.4 Å². The van der Waals surface area contributed by atoms with Crippen molar-refractivity contribution in [3.8, 4) is 45.3 Å². The standard InChI is InChI=1S/C25H27O4/c1-6-10-17-13-14-20(26-2)24(23(17)18-11-8-7-9-12-18)19-15-21(27-3)25(29-5)22(16-19)28-4/h7-9,11-13,15-16H,6,10H2,1-5H3. The van der Waals surface area contributed by atoms with Gasteiger partial charge in [-0.15, -0.1) is 0 Å². The summed E-state index contributed by atoms with van der Waals surface area (Å²) >= 11 is 0. The second kappa shape index (κ2) is 9.37. The quantitative estimate of drug-likeness (QED) is 0.486. The van der Waals surface area contributed by atoms with Crippen LogP contribution < -0.4 is 18.9 Å². The van der Waals surface area contributed by atoms with E-state index in [2.05, 4.69) is 25.1 Å². The molecule has 151 valence electrons. The highest BCUT2D eigenvalue weighted by Crippen LogP contribution is 2.47. The first-order valence-corrected chi connectivity index (χ1v) is 9.65. The lowest BCUT2D eigenvalue weighted by atomic mass is 9.88. The van der Waals surface area contributed by atoms with E-state index in [-0.39, 0.29) is 0 Å². The summed E-state index contributed by atoms with van der Waals surface area (Å²) in [6.07, 6.45) is 1.98. The number of methoxy groups -OCH3 is 4. The predicted molar refractivity (Wildman–Crippen MR) is 116 cm³/mol. The van der Waals surface area contributed by atoms with Crippen LogP contribution in [0.2, 0.25) is 0 Å². The van der Waals surface area contributed by atoms with Crippen LogP contribution in [0.1, 0.15) is 18.9 Å². The molecule has 0 saturated carbocycles. The fraction of sp³-hybridized carbons (Fsp3) is 0.280. The van der Waals surface area contributed by atoms with Crippen molar-refractivity contribution < 1.29 is 18.9 Å². The molecule has 0 amide bonds. The fourth-order valence-corrected chi connectivity index (χ4v) is 3.63. The maximum atomic E-state index is 5.73. The molecule has 4 nitrogen and oxygen atoms in total. The molecule has 0 N–H and O–H groups in total. The summed E-state index contributed by atoms with van der Waals surface area (Å²) in [5.74, 6) is 2.44. The van der Waals surface area contributed by atoms with E-state index in [9.17, 15) is 0 Å². The van der Waals surface area contributed by atoms with E-state index in [0.717, 1.165) is 35.1 Å². The zero-order chi connectivity index (χ0) is 20.8. The van der Waals surface area contributed by atoms with Gasteiger partial charge in [-0.1, -0.05) is 43.7 Å². The van der Waals surface area contributed by atoms with Crippen LogP contribution in [0.3, 0.4) is 0 Å². The van der Waals surface area contributed by atoms with E-state index >= 15 is 0 Å². The second-order valence-corrected chi connectivity index (χ2v) is 6.63. The van der Waals surface area contributed by atoms with Gasteiger partial charge in [-0.25, -0.2) is 0 Å². The first-order chi connectivity index (χ1) is 14.2. The Hall–Kier alpha value is -3.14. The Morgan fingerprint density at radius 1 is 0.759 bits per heavy atom. The van der Waals surface area contributed by atoms with E-state index in [4.69, 9.17) is 18.9 Å². The predicted octanol–water partition coefficient (Wildman–Crippen LogP) is 5.81. The maximum Gasteiger partial charge on any atom is 0.203 e. The molecule has 4 heteroatoms. The van der Waals surface area contributed by atoms with Gasteiger partial charge in [-0.2, -0.15) is 0 Å². The summed E-state index contributed by atoms with van der Waals surface area (Å²) in [4.78, 5) is 0. The first-order valence-electron chi connectivity index (χ1n) is 9.65. The van der Waals surface area contributed by atoms with Crippen molar-refractivity contribution in [1.82, 2.24) is 0 Å². The van der Waals surface area contributed by atoms with Crippen LogP contribution in [0.5, 0.6) is 23.0 Å². The van der Waals surface area contributed by atoms with Crippen LogP contribution in [0.15, 0.2) is 48.5 Å². The molecule has 0 aliphatic carbocycles. The number of rotatable bonds is 8. The van der Waals surface area contributed by atoms with E-state index in [1.54, 1.807) is 28.4 Å². The van der Waals surface area contributed by atoms with Gasteiger partial charge in [0, 0.05) is 11.6 Å². The fourth-order valence-electron chi connectivity index (χ4n) is 3.63. The number of hydrogen-bond donors (Lipinski definition) is 0. The first kappa shape index (κ1) is 20.6. The Kier molecular flexibility index (Phi) is 6.65. The highest BCUT2D eigenvalue weighted by molar-refractivity contribution is 5.91. The van der Waals surface area contributed by atoms with E-state index in [1.807, 2.05) is 36.4 Å². The number of benzene rings is 3. The molecule has 0 aliphatic rings. The molecule has 0 fully saturated rings. The molecular formula is C25H27O4. The van der Waals surface area contributed by atoms with Crippen molar-refractivity contribution in [3.63, 3.8) is 0 Å². The summed E-state index contributed by atoms with van der Waals surface area (Å²) in [7, 11) is 6.51. The lowest BCUT2D eigenvalue weighted by molar-refractivity contribution is 0.324. The third kappa shape index (κ3) is 4.02. The van der Waals surface area contributed by atoms with Gasteiger partial charge in [0.25, 0.3) is 0 Å². The topological polar surface area (TPSA) is 36.9 Å². The average molecular weight is 391 g/mol. The molecule has 1 radical (unpaired) electrons. The highest BCUT2D eigenvalue weighted by Gasteiger charge is 2.21. The smallest absolute Gasteiger partial charge is 0.203 e. The molecule has 0 saturated heterocycles. The monoisotopic (exact) mass is 391 g/mol. The van der Waals surface area contributed by atoms with Gasteiger partial charge < -0.3 is 18.9 Å². The van der Waals surface area contributed by atoms with Crippen LogP contribution in [0.25, 0.3) is 22.3 Å². The molecule has 0 heterocycles. The highest BCUT2D eigenvalue weighted by atomic mass is 16.5. The lowest BCUT2D eigenvalue weighted by Gasteiger charge is -2.20. The van der Waals surface area contributed by atoms with Crippen molar-refractivity contribution in [2.45, 2.75) is 19.8 Å². The number of ether oxygens (including phenoxy) is 4. The molecule has 3 rings (SSSR count). The van der Waals surface area contributed by atoms with Crippen molar-refractivity contribution >= 4 is 0 Å². The Bertz CT molecular complexity index is 939. The Morgan fingerprint density at radius 3 is 1.93 bits per heavy atom. The zero-order valence-corrected chi connectivity index (χ0v) is 17.7. The molecule has 3 aromatic carbocycles.